The van der Waals surface area contributed by atoms with E-state index < -0.39 is 0 Å². The number of thioether (sulfide) groups is 1. The van der Waals surface area contributed by atoms with Gasteiger partial charge in [-0.2, -0.15) is 4.68 Å². The standard InChI is InChI=1S/C26H23N5OS/c1-3-17-30(18-21-15-13-20(2)14-16-21)26(32)23-11-7-8-12-24(23)33-19-25-27-28-29-31(25)22-9-5-4-6-10-22/h1,4-16H,17-19H2,2H3. The molecule has 1 amide bonds. The van der Waals surface area contributed by atoms with Gasteiger partial charge in [0.2, 0.25) is 0 Å². The van der Waals surface area contributed by atoms with Crippen LogP contribution in [0.15, 0.2) is 83.8 Å². The van der Waals surface area contributed by atoms with Gasteiger partial charge in [0.05, 0.1) is 23.5 Å². The Labute approximate surface area is 197 Å². The lowest BCUT2D eigenvalue weighted by atomic mass is 10.1. The summed E-state index contributed by atoms with van der Waals surface area (Å²) in [5, 5.41) is 12.1. The zero-order valence-electron chi connectivity index (χ0n) is 18.3. The highest BCUT2D eigenvalue weighted by Gasteiger charge is 2.19. The molecule has 0 unspecified atom stereocenters. The van der Waals surface area contributed by atoms with Gasteiger partial charge in [-0.25, -0.2) is 0 Å². The number of tetrazole rings is 1. The second-order valence-corrected chi connectivity index (χ2v) is 8.50. The van der Waals surface area contributed by atoms with E-state index in [9.17, 15) is 4.79 Å². The second kappa shape index (κ2) is 10.6. The largest absolute Gasteiger partial charge is 0.323 e. The van der Waals surface area contributed by atoms with Crippen LogP contribution in [0.1, 0.15) is 27.3 Å². The summed E-state index contributed by atoms with van der Waals surface area (Å²) in [6, 6.07) is 25.4. The van der Waals surface area contributed by atoms with Crippen molar-refractivity contribution in [2.45, 2.75) is 24.1 Å². The molecule has 1 aromatic heterocycles. The monoisotopic (exact) mass is 453 g/mol. The van der Waals surface area contributed by atoms with E-state index in [1.54, 1.807) is 9.58 Å². The molecule has 6 nitrogen and oxygen atoms in total. The fraction of sp³-hybridized carbons (Fsp3) is 0.154. The van der Waals surface area contributed by atoms with Gasteiger partial charge < -0.3 is 4.90 Å². The van der Waals surface area contributed by atoms with Crippen LogP contribution in [0.5, 0.6) is 0 Å². The first kappa shape index (κ1) is 22.3. The van der Waals surface area contributed by atoms with Crippen LogP contribution in [0, 0.1) is 19.3 Å². The van der Waals surface area contributed by atoms with Crippen molar-refractivity contribution in [3.05, 3.63) is 101 Å². The zero-order valence-corrected chi connectivity index (χ0v) is 19.1. The summed E-state index contributed by atoms with van der Waals surface area (Å²) in [4.78, 5) is 16.0. The average Bonchev–Trinajstić information content (AvgIpc) is 3.33. The van der Waals surface area contributed by atoms with Crippen LogP contribution in [0.3, 0.4) is 0 Å². The first-order valence-corrected chi connectivity index (χ1v) is 11.5. The number of amides is 1. The van der Waals surface area contributed by atoms with Gasteiger partial charge in [-0.05, 0) is 47.2 Å². The van der Waals surface area contributed by atoms with Gasteiger partial charge >= 0.3 is 0 Å². The first-order valence-electron chi connectivity index (χ1n) is 10.5. The zero-order chi connectivity index (χ0) is 23.0. The summed E-state index contributed by atoms with van der Waals surface area (Å²) < 4.78 is 1.71. The number of hydrogen-bond donors (Lipinski definition) is 0. The van der Waals surface area contributed by atoms with Crippen molar-refractivity contribution in [2.75, 3.05) is 6.54 Å². The number of rotatable bonds is 8. The Bertz CT molecular complexity index is 1260. The minimum atomic E-state index is -0.0979. The van der Waals surface area contributed by atoms with Crippen LogP contribution in [0.4, 0.5) is 0 Å². The molecule has 0 saturated carbocycles. The van der Waals surface area contributed by atoms with Gasteiger partial charge in [0.15, 0.2) is 5.82 Å². The van der Waals surface area contributed by atoms with Crippen LogP contribution in [0.25, 0.3) is 5.69 Å². The Morgan fingerprint density at radius 1 is 1.03 bits per heavy atom. The number of benzene rings is 3. The molecular formula is C26H23N5OS. The van der Waals surface area contributed by atoms with Crippen molar-refractivity contribution in [3.63, 3.8) is 0 Å². The molecule has 0 N–H and O–H groups in total. The molecule has 0 fully saturated rings. The molecule has 0 bridgehead atoms. The van der Waals surface area contributed by atoms with E-state index in [1.807, 2.05) is 85.8 Å². The van der Waals surface area contributed by atoms with Crippen molar-refractivity contribution in [1.29, 1.82) is 0 Å². The highest BCUT2D eigenvalue weighted by molar-refractivity contribution is 7.98. The molecule has 0 radical (unpaired) electrons. The van der Waals surface area contributed by atoms with Crippen LogP contribution in [-0.4, -0.2) is 37.6 Å². The van der Waals surface area contributed by atoms with E-state index in [2.05, 4.69) is 21.4 Å². The Morgan fingerprint density at radius 3 is 2.52 bits per heavy atom. The predicted molar refractivity (Wildman–Crippen MR) is 130 cm³/mol. The van der Waals surface area contributed by atoms with E-state index in [-0.39, 0.29) is 12.5 Å². The molecule has 0 spiro atoms. The number of nitrogens with zero attached hydrogens (tertiary/aromatic N) is 5. The lowest BCUT2D eigenvalue weighted by Crippen LogP contribution is -2.31. The lowest BCUT2D eigenvalue weighted by molar-refractivity contribution is 0.0762. The molecule has 0 aliphatic heterocycles. The number of carbonyl (C=O) groups excluding carboxylic acids is 1. The number of hydrogen-bond acceptors (Lipinski definition) is 5. The fourth-order valence-electron chi connectivity index (χ4n) is 3.37. The highest BCUT2D eigenvalue weighted by Crippen LogP contribution is 2.27. The maximum absolute atomic E-state index is 13.4. The molecule has 3 aromatic carbocycles. The fourth-order valence-corrected chi connectivity index (χ4v) is 4.32. The summed E-state index contributed by atoms with van der Waals surface area (Å²) in [5.74, 6) is 3.74. The third-order valence-electron chi connectivity index (χ3n) is 5.07. The van der Waals surface area contributed by atoms with Crippen molar-refractivity contribution in [1.82, 2.24) is 25.1 Å². The number of aryl methyl sites for hydroxylation is 1. The summed E-state index contributed by atoms with van der Waals surface area (Å²) in [6.07, 6.45) is 5.58. The smallest absolute Gasteiger partial charge is 0.256 e. The Hall–Kier alpha value is -3.89. The van der Waals surface area contributed by atoms with E-state index in [0.717, 1.165) is 16.1 Å². The second-order valence-electron chi connectivity index (χ2n) is 7.48. The Morgan fingerprint density at radius 2 is 1.76 bits per heavy atom. The van der Waals surface area contributed by atoms with Gasteiger partial charge in [-0.15, -0.1) is 23.3 Å². The third-order valence-corrected chi connectivity index (χ3v) is 6.14. The van der Waals surface area contributed by atoms with Crippen LogP contribution in [0.2, 0.25) is 0 Å². The van der Waals surface area contributed by atoms with E-state index in [1.165, 1.54) is 17.3 Å². The number of aromatic nitrogens is 4. The lowest BCUT2D eigenvalue weighted by Gasteiger charge is -2.22. The molecule has 164 valence electrons. The number of para-hydroxylation sites is 1. The van der Waals surface area contributed by atoms with E-state index >= 15 is 0 Å². The summed E-state index contributed by atoms with van der Waals surface area (Å²) >= 11 is 1.52. The summed E-state index contributed by atoms with van der Waals surface area (Å²) in [6.45, 7) is 2.72. The van der Waals surface area contributed by atoms with Crippen molar-refractivity contribution in [3.8, 4) is 18.0 Å². The number of terminal acetylenes is 1. The predicted octanol–water partition coefficient (Wildman–Crippen LogP) is 4.54. The molecule has 1 heterocycles. The molecule has 4 rings (SSSR count). The van der Waals surface area contributed by atoms with Gasteiger partial charge in [0.25, 0.3) is 5.91 Å². The molecule has 7 heteroatoms. The SMILES string of the molecule is C#CCN(Cc1ccc(C)cc1)C(=O)c1ccccc1SCc1nnnn1-c1ccccc1. The Balaban J connectivity index is 1.53. The Kier molecular flexibility index (Phi) is 7.18. The average molecular weight is 454 g/mol. The molecule has 0 aliphatic rings. The van der Waals surface area contributed by atoms with Crippen molar-refractivity contribution < 1.29 is 4.79 Å². The van der Waals surface area contributed by atoms with Gasteiger partial charge in [0, 0.05) is 11.4 Å². The topological polar surface area (TPSA) is 63.9 Å². The van der Waals surface area contributed by atoms with Gasteiger partial charge in [-0.3, -0.25) is 4.79 Å². The van der Waals surface area contributed by atoms with Crippen molar-refractivity contribution in [2.24, 2.45) is 0 Å². The minimum Gasteiger partial charge on any atom is -0.323 e. The first-order chi connectivity index (χ1) is 16.2. The van der Waals surface area contributed by atoms with Gasteiger partial charge in [-0.1, -0.05) is 66.1 Å². The summed E-state index contributed by atoms with van der Waals surface area (Å²) in [7, 11) is 0. The van der Waals surface area contributed by atoms with Crippen LogP contribution in [-0.2, 0) is 12.3 Å². The van der Waals surface area contributed by atoms with Gasteiger partial charge in [0.1, 0.15) is 0 Å². The number of carbonyl (C=O) groups is 1. The maximum atomic E-state index is 13.4. The molecule has 0 saturated heterocycles. The van der Waals surface area contributed by atoms with E-state index in [4.69, 9.17) is 6.42 Å². The minimum absolute atomic E-state index is 0.0979. The van der Waals surface area contributed by atoms with Crippen molar-refractivity contribution >= 4 is 17.7 Å². The highest BCUT2D eigenvalue weighted by atomic mass is 32.2. The van der Waals surface area contributed by atoms with Crippen LogP contribution >= 0.6 is 11.8 Å². The molecular weight excluding hydrogens is 430 g/mol. The van der Waals surface area contributed by atoms with Crippen LogP contribution < -0.4 is 0 Å². The third kappa shape index (κ3) is 5.48. The normalized spacial score (nSPS) is 10.5. The molecule has 4 aromatic rings. The summed E-state index contributed by atoms with van der Waals surface area (Å²) in [5.41, 5.74) is 3.72. The molecule has 33 heavy (non-hydrogen) atoms. The quantitative estimate of drug-likeness (QED) is 0.290. The maximum Gasteiger partial charge on any atom is 0.256 e. The molecule has 0 aliphatic carbocycles. The molecule has 0 atom stereocenters. The van der Waals surface area contributed by atoms with E-state index in [0.29, 0.717) is 23.7 Å².